The third kappa shape index (κ3) is 12.9. The molecule has 0 spiro atoms. The van der Waals surface area contributed by atoms with Gasteiger partial charge in [0, 0.05) is 12.6 Å². The van der Waals surface area contributed by atoms with E-state index in [9.17, 15) is 18.0 Å². The quantitative estimate of drug-likeness (QED) is 0.238. The van der Waals surface area contributed by atoms with Crippen molar-refractivity contribution in [2.45, 2.75) is 116 Å². The minimum absolute atomic E-state index is 0.223. The molecule has 7 heteroatoms. The molecule has 4 nitrogen and oxygen atoms in total. The molecule has 0 fully saturated rings. The van der Waals surface area contributed by atoms with Gasteiger partial charge in [0.05, 0.1) is 0 Å². The topological polar surface area (TPSA) is 57.8 Å². The molecule has 0 radical (unpaired) electrons. The summed E-state index contributed by atoms with van der Waals surface area (Å²) in [5.74, 6) is -0.567. The Morgan fingerprint density at radius 2 is 1.27 bits per heavy atom. The molecular weight excluding hydrogens is 391 g/mol. The van der Waals surface area contributed by atoms with Crippen LogP contribution in [0.2, 0.25) is 0 Å². The Morgan fingerprint density at radius 1 is 0.833 bits per heavy atom. The van der Waals surface area contributed by atoms with Gasteiger partial charge in [-0.2, -0.15) is 18.3 Å². The summed E-state index contributed by atoms with van der Waals surface area (Å²) in [6.07, 6.45) is 16.0. The molecular formula is C23H40F3N3O. The number of carbonyl (C=O) groups excluding carboxylic acids is 1. The van der Waals surface area contributed by atoms with Crippen molar-refractivity contribution in [3.8, 4) is 0 Å². The SMILES string of the molecule is CCCCCCCCCCCCCCCCCCNC(=O)c1cc(C(F)(F)F)[nH]n1. The number of hydrogen-bond acceptors (Lipinski definition) is 2. The van der Waals surface area contributed by atoms with Gasteiger partial charge in [-0.1, -0.05) is 103 Å². The van der Waals surface area contributed by atoms with Crippen molar-refractivity contribution < 1.29 is 18.0 Å². The second-order valence-corrected chi connectivity index (χ2v) is 8.22. The maximum absolute atomic E-state index is 12.5. The first kappa shape index (κ1) is 26.5. The first-order valence-corrected chi connectivity index (χ1v) is 11.9. The van der Waals surface area contributed by atoms with Gasteiger partial charge in [0.25, 0.3) is 5.91 Å². The van der Waals surface area contributed by atoms with E-state index in [1.54, 1.807) is 0 Å². The maximum Gasteiger partial charge on any atom is 0.432 e. The van der Waals surface area contributed by atoms with E-state index in [1.165, 1.54) is 83.5 Å². The number of H-pyrrole nitrogens is 1. The molecule has 0 unspecified atom stereocenters. The van der Waals surface area contributed by atoms with E-state index in [1.807, 2.05) is 5.10 Å². The average molecular weight is 432 g/mol. The Morgan fingerprint density at radius 3 is 1.67 bits per heavy atom. The third-order valence-corrected chi connectivity index (χ3v) is 5.43. The molecule has 1 aromatic heterocycles. The van der Waals surface area contributed by atoms with Crippen LogP contribution in [0, 0.1) is 0 Å². The zero-order valence-corrected chi connectivity index (χ0v) is 18.6. The molecule has 0 saturated carbocycles. The lowest BCUT2D eigenvalue weighted by Crippen LogP contribution is -2.24. The number of nitrogens with one attached hydrogen (secondary N) is 2. The first-order valence-electron chi connectivity index (χ1n) is 11.9. The Balaban J connectivity index is 1.85. The molecule has 0 aromatic carbocycles. The number of unbranched alkanes of at least 4 members (excludes halogenated alkanes) is 15. The van der Waals surface area contributed by atoms with Crippen molar-refractivity contribution in [3.05, 3.63) is 17.5 Å². The summed E-state index contributed by atoms with van der Waals surface area (Å²) in [5, 5.41) is 7.89. The van der Waals surface area contributed by atoms with E-state index in [0.717, 1.165) is 25.3 Å². The summed E-state index contributed by atoms with van der Waals surface area (Å²) in [7, 11) is 0. The van der Waals surface area contributed by atoms with Crippen LogP contribution < -0.4 is 5.32 Å². The van der Waals surface area contributed by atoms with Gasteiger partial charge in [0.15, 0.2) is 5.69 Å². The van der Waals surface area contributed by atoms with Gasteiger partial charge in [0.2, 0.25) is 0 Å². The number of hydrogen-bond donors (Lipinski definition) is 2. The van der Waals surface area contributed by atoms with Crippen LogP contribution in [0.1, 0.15) is 126 Å². The molecule has 0 aliphatic heterocycles. The number of nitrogens with zero attached hydrogens (tertiary/aromatic N) is 1. The minimum atomic E-state index is -4.51. The van der Waals surface area contributed by atoms with Crippen molar-refractivity contribution >= 4 is 5.91 Å². The van der Waals surface area contributed by atoms with Crippen LogP contribution >= 0.6 is 0 Å². The Hall–Kier alpha value is -1.53. The average Bonchev–Trinajstić information content (AvgIpc) is 3.21. The molecule has 0 aliphatic rings. The van der Waals surface area contributed by atoms with E-state index >= 15 is 0 Å². The fraction of sp³-hybridized carbons (Fsp3) is 0.826. The molecule has 0 aliphatic carbocycles. The van der Waals surface area contributed by atoms with E-state index in [4.69, 9.17) is 0 Å². The van der Waals surface area contributed by atoms with Crippen LogP contribution in [0.15, 0.2) is 6.07 Å². The Labute approximate surface area is 179 Å². The number of halogens is 3. The predicted octanol–water partition coefficient (Wildman–Crippen LogP) is 7.42. The van der Waals surface area contributed by atoms with E-state index in [2.05, 4.69) is 17.3 Å². The summed E-state index contributed by atoms with van der Waals surface area (Å²) >= 11 is 0. The number of alkyl halides is 3. The molecule has 2 N–H and O–H groups in total. The van der Waals surface area contributed by atoms with E-state index < -0.39 is 17.8 Å². The lowest BCUT2D eigenvalue weighted by Gasteiger charge is -2.04. The summed E-state index contributed by atoms with van der Waals surface area (Å²) in [4.78, 5) is 11.8. The number of carbonyl (C=O) groups is 1. The number of aromatic nitrogens is 2. The lowest BCUT2D eigenvalue weighted by molar-refractivity contribution is -0.141. The number of amides is 1. The fourth-order valence-electron chi connectivity index (χ4n) is 3.55. The summed E-state index contributed by atoms with van der Waals surface area (Å²) < 4.78 is 37.4. The second kappa shape index (κ2) is 16.2. The molecule has 1 aromatic rings. The summed E-state index contributed by atoms with van der Waals surface area (Å²) in [6.45, 7) is 2.72. The van der Waals surface area contributed by atoms with Crippen LogP contribution in [0.25, 0.3) is 0 Å². The van der Waals surface area contributed by atoms with Crippen LogP contribution in [0.3, 0.4) is 0 Å². The summed E-state index contributed by atoms with van der Waals surface area (Å²) in [5.41, 5.74) is -1.23. The highest BCUT2D eigenvalue weighted by molar-refractivity contribution is 5.92. The second-order valence-electron chi connectivity index (χ2n) is 8.22. The minimum Gasteiger partial charge on any atom is -0.351 e. The molecule has 1 heterocycles. The highest BCUT2D eigenvalue weighted by Gasteiger charge is 2.33. The van der Waals surface area contributed by atoms with Crippen LogP contribution in [0.4, 0.5) is 13.2 Å². The van der Waals surface area contributed by atoms with Gasteiger partial charge < -0.3 is 5.32 Å². The van der Waals surface area contributed by atoms with Crippen molar-refractivity contribution in [1.29, 1.82) is 0 Å². The third-order valence-electron chi connectivity index (χ3n) is 5.43. The maximum atomic E-state index is 12.5. The zero-order chi connectivity index (χ0) is 22.1. The van der Waals surface area contributed by atoms with Crippen LogP contribution in [-0.2, 0) is 6.18 Å². The van der Waals surface area contributed by atoms with Crippen molar-refractivity contribution in [2.75, 3.05) is 6.54 Å². The highest BCUT2D eigenvalue weighted by atomic mass is 19.4. The standard InChI is InChI=1S/C23H40F3N3O/c1-2-3-4-5-6-7-8-9-10-11-12-13-14-15-16-17-18-27-22(30)20-19-21(29-28-20)23(24,25)26/h19H,2-18H2,1H3,(H,27,30)(H,28,29). The summed E-state index contributed by atoms with van der Waals surface area (Å²) in [6, 6.07) is 0.739. The van der Waals surface area contributed by atoms with E-state index in [0.29, 0.717) is 6.54 Å². The Kier molecular flexibility index (Phi) is 14.3. The molecule has 0 saturated heterocycles. The first-order chi connectivity index (χ1) is 14.4. The normalized spacial score (nSPS) is 11.7. The molecule has 0 bridgehead atoms. The van der Waals surface area contributed by atoms with Crippen LogP contribution in [0.5, 0.6) is 0 Å². The number of rotatable bonds is 18. The van der Waals surface area contributed by atoms with Gasteiger partial charge in [-0.05, 0) is 6.42 Å². The van der Waals surface area contributed by atoms with Gasteiger partial charge >= 0.3 is 6.18 Å². The smallest absolute Gasteiger partial charge is 0.351 e. The van der Waals surface area contributed by atoms with Gasteiger partial charge in [-0.25, -0.2) is 0 Å². The molecule has 174 valence electrons. The van der Waals surface area contributed by atoms with Crippen molar-refractivity contribution in [1.82, 2.24) is 15.5 Å². The molecule has 1 amide bonds. The highest BCUT2D eigenvalue weighted by Crippen LogP contribution is 2.27. The van der Waals surface area contributed by atoms with Crippen LogP contribution in [-0.4, -0.2) is 22.6 Å². The van der Waals surface area contributed by atoms with Gasteiger partial charge in [0.1, 0.15) is 5.69 Å². The van der Waals surface area contributed by atoms with E-state index in [-0.39, 0.29) is 5.69 Å². The molecule has 0 atom stereocenters. The Bertz CT molecular complexity index is 558. The van der Waals surface area contributed by atoms with Gasteiger partial charge in [-0.3, -0.25) is 9.89 Å². The lowest BCUT2D eigenvalue weighted by atomic mass is 10.0. The van der Waals surface area contributed by atoms with Crippen molar-refractivity contribution in [3.63, 3.8) is 0 Å². The number of aromatic amines is 1. The molecule has 1 rings (SSSR count). The zero-order valence-electron chi connectivity index (χ0n) is 18.6. The van der Waals surface area contributed by atoms with Crippen molar-refractivity contribution in [2.24, 2.45) is 0 Å². The predicted molar refractivity (Wildman–Crippen MR) is 115 cm³/mol. The fourth-order valence-corrected chi connectivity index (χ4v) is 3.55. The monoisotopic (exact) mass is 431 g/mol. The molecule has 30 heavy (non-hydrogen) atoms. The largest absolute Gasteiger partial charge is 0.432 e. The van der Waals surface area contributed by atoms with Gasteiger partial charge in [-0.15, -0.1) is 0 Å².